The second kappa shape index (κ2) is 12.3. The van der Waals surface area contributed by atoms with E-state index in [0.29, 0.717) is 32.2 Å². The van der Waals surface area contributed by atoms with Crippen molar-refractivity contribution in [2.75, 3.05) is 39.3 Å². The van der Waals surface area contributed by atoms with Crippen LogP contribution in [0.3, 0.4) is 0 Å². The van der Waals surface area contributed by atoms with Gasteiger partial charge >= 0.3 is 6.09 Å². The molecule has 0 aromatic heterocycles. The molecule has 1 fully saturated rings. The number of guanidine groups is 1. The van der Waals surface area contributed by atoms with Crippen LogP contribution in [0.5, 0.6) is 0 Å². The summed E-state index contributed by atoms with van der Waals surface area (Å²) >= 11 is 0. The number of likely N-dealkylation sites (tertiary alicyclic amines) is 1. The molecule has 1 amide bonds. The van der Waals surface area contributed by atoms with Crippen LogP contribution in [0.15, 0.2) is 29.3 Å². The molecule has 9 heteroatoms. The fourth-order valence-corrected chi connectivity index (χ4v) is 3.95. The van der Waals surface area contributed by atoms with Crippen LogP contribution < -0.4 is 11.1 Å². The number of nitrogens with zero attached hydrogens (tertiary/aromatic N) is 3. The summed E-state index contributed by atoms with van der Waals surface area (Å²) in [6, 6.07) is 8.65. The predicted molar refractivity (Wildman–Crippen MR) is 128 cm³/mol. The third-order valence-electron chi connectivity index (χ3n) is 5.52. The Labute approximate surface area is 195 Å². The van der Waals surface area contributed by atoms with Crippen LogP contribution >= 0.6 is 24.0 Å². The number of fused-ring (bicyclic) bond motifs is 1. The van der Waals surface area contributed by atoms with Crippen molar-refractivity contribution in [2.45, 2.75) is 44.9 Å². The van der Waals surface area contributed by atoms with Gasteiger partial charge in [-0.15, -0.1) is 24.0 Å². The highest BCUT2D eigenvalue weighted by atomic mass is 127. The van der Waals surface area contributed by atoms with E-state index in [0.717, 1.165) is 32.4 Å². The first-order valence-corrected chi connectivity index (χ1v) is 10.5. The van der Waals surface area contributed by atoms with Crippen LogP contribution in [0.2, 0.25) is 0 Å². The first-order valence-electron chi connectivity index (χ1n) is 10.5. The van der Waals surface area contributed by atoms with Crippen LogP contribution in [0.4, 0.5) is 4.79 Å². The summed E-state index contributed by atoms with van der Waals surface area (Å²) in [6.45, 7) is 6.16. The number of aliphatic imine (C=N–C) groups is 1. The number of nitrogens with one attached hydrogen (secondary N) is 1. The topological polar surface area (TPSA) is 103 Å². The van der Waals surface area contributed by atoms with Crippen molar-refractivity contribution in [3.05, 3.63) is 35.4 Å². The number of β-amino-alcohol motifs (C(OH)–C–C–N with tert-alkyl or cyclic N) is 1. The zero-order valence-corrected chi connectivity index (χ0v) is 20.0. The Morgan fingerprint density at radius 3 is 2.70 bits per heavy atom. The molecule has 2 aliphatic rings. The maximum Gasteiger partial charge on any atom is 0.409 e. The van der Waals surface area contributed by atoms with Crippen LogP contribution in [0.1, 0.15) is 30.9 Å². The van der Waals surface area contributed by atoms with E-state index < -0.39 is 6.10 Å². The highest BCUT2D eigenvalue weighted by Crippen LogP contribution is 2.18. The molecule has 0 radical (unpaired) electrons. The third kappa shape index (κ3) is 7.28. The Morgan fingerprint density at radius 1 is 1.30 bits per heavy atom. The summed E-state index contributed by atoms with van der Waals surface area (Å²) in [5.74, 6) is 0.350. The van der Waals surface area contributed by atoms with E-state index in [1.807, 2.05) is 6.92 Å². The van der Waals surface area contributed by atoms with Crippen molar-refractivity contribution < 1.29 is 14.6 Å². The molecule has 1 atom stereocenters. The lowest BCUT2D eigenvalue weighted by Gasteiger charge is -2.32. The lowest BCUT2D eigenvalue weighted by Crippen LogP contribution is -2.48. The number of aliphatic hydroxyl groups excluding tert-OH is 1. The Bertz CT molecular complexity index is 710. The van der Waals surface area contributed by atoms with E-state index in [1.54, 1.807) is 4.90 Å². The van der Waals surface area contributed by atoms with Crippen molar-refractivity contribution in [2.24, 2.45) is 10.7 Å². The minimum atomic E-state index is -0.550. The standard InChI is InChI=1S/C21H33N5O3.HI/c1-2-29-21(28)26-11-8-18(9-12-26)24-20(22)23-13-19(27)15-25-10-7-16-5-3-4-6-17(16)14-25;/h3-6,18-19,27H,2,7-15H2,1H3,(H3,22,23,24);1H. The van der Waals surface area contributed by atoms with Gasteiger partial charge < -0.3 is 25.8 Å². The van der Waals surface area contributed by atoms with Gasteiger partial charge in [-0.3, -0.25) is 9.89 Å². The molecule has 30 heavy (non-hydrogen) atoms. The van der Waals surface area contributed by atoms with Gasteiger partial charge in [0.1, 0.15) is 0 Å². The number of aliphatic hydroxyl groups is 1. The summed E-state index contributed by atoms with van der Waals surface area (Å²) in [6.07, 6.45) is 1.80. The fourth-order valence-electron chi connectivity index (χ4n) is 3.95. The molecule has 0 bridgehead atoms. The van der Waals surface area contributed by atoms with Crippen molar-refractivity contribution in [1.82, 2.24) is 15.1 Å². The number of rotatable bonds is 6. The average Bonchev–Trinajstić information content (AvgIpc) is 2.73. The Morgan fingerprint density at radius 2 is 2.00 bits per heavy atom. The predicted octanol–water partition coefficient (Wildman–Crippen LogP) is 1.55. The normalized spacial score (nSPS) is 18.9. The van der Waals surface area contributed by atoms with E-state index in [9.17, 15) is 9.90 Å². The first kappa shape index (κ1) is 24.7. The SMILES string of the molecule is CCOC(=O)N1CCC(NC(N)=NCC(O)CN2CCc3ccccc3C2)CC1.I. The molecular formula is C21H34IN5O3. The highest BCUT2D eigenvalue weighted by molar-refractivity contribution is 14.0. The number of amides is 1. The van der Waals surface area contributed by atoms with Gasteiger partial charge in [-0.1, -0.05) is 24.3 Å². The minimum Gasteiger partial charge on any atom is -0.450 e. The number of benzene rings is 1. The number of hydrogen-bond acceptors (Lipinski definition) is 5. The average molecular weight is 531 g/mol. The van der Waals surface area contributed by atoms with E-state index in [2.05, 4.69) is 39.5 Å². The summed E-state index contributed by atoms with van der Waals surface area (Å²) in [4.78, 5) is 20.0. The maximum absolute atomic E-state index is 11.7. The maximum atomic E-state index is 11.7. The van der Waals surface area contributed by atoms with E-state index in [4.69, 9.17) is 10.5 Å². The summed E-state index contributed by atoms with van der Waals surface area (Å²) in [5, 5.41) is 13.6. The second-order valence-electron chi connectivity index (χ2n) is 7.74. The van der Waals surface area contributed by atoms with E-state index >= 15 is 0 Å². The molecule has 2 heterocycles. The number of piperidine rings is 1. The van der Waals surface area contributed by atoms with E-state index in [1.165, 1.54) is 11.1 Å². The second-order valence-corrected chi connectivity index (χ2v) is 7.74. The molecule has 0 spiro atoms. The Kier molecular flexibility index (Phi) is 10.1. The molecule has 3 rings (SSSR count). The van der Waals surface area contributed by atoms with Gasteiger partial charge in [0.05, 0.1) is 19.3 Å². The van der Waals surface area contributed by atoms with Crippen LogP contribution in [0, 0.1) is 0 Å². The monoisotopic (exact) mass is 531 g/mol. The molecular weight excluding hydrogens is 497 g/mol. The van der Waals surface area contributed by atoms with Gasteiger partial charge in [0, 0.05) is 38.8 Å². The molecule has 168 valence electrons. The number of carbonyl (C=O) groups excluding carboxylic acids is 1. The van der Waals surface area contributed by atoms with Gasteiger partial charge in [-0.2, -0.15) is 0 Å². The summed E-state index contributed by atoms with van der Waals surface area (Å²) < 4.78 is 5.03. The smallest absolute Gasteiger partial charge is 0.409 e. The number of hydrogen-bond donors (Lipinski definition) is 3. The number of halogens is 1. The number of nitrogens with two attached hydrogens (primary N) is 1. The van der Waals surface area contributed by atoms with Crippen LogP contribution in [-0.4, -0.2) is 78.4 Å². The third-order valence-corrected chi connectivity index (χ3v) is 5.52. The fraction of sp³-hybridized carbons (Fsp3) is 0.619. The Hall–Kier alpha value is -1.59. The summed E-state index contributed by atoms with van der Waals surface area (Å²) in [5.41, 5.74) is 8.74. The molecule has 2 aliphatic heterocycles. The molecule has 1 saturated heterocycles. The van der Waals surface area contributed by atoms with Gasteiger partial charge in [0.2, 0.25) is 0 Å². The van der Waals surface area contributed by atoms with Crippen molar-refractivity contribution in [1.29, 1.82) is 0 Å². The largest absolute Gasteiger partial charge is 0.450 e. The van der Waals surface area contributed by atoms with Crippen molar-refractivity contribution in [3.8, 4) is 0 Å². The van der Waals surface area contributed by atoms with Crippen molar-refractivity contribution >= 4 is 36.0 Å². The minimum absolute atomic E-state index is 0. The van der Waals surface area contributed by atoms with Crippen LogP contribution in [0.25, 0.3) is 0 Å². The zero-order valence-electron chi connectivity index (χ0n) is 17.6. The van der Waals surface area contributed by atoms with Gasteiger partial charge in [-0.25, -0.2) is 4.79 Å². The molecule has 1 aromatic rings. The number of ether oxygens (including phenoxy) is 1. The van der Waals surface area contributed by atoms with E-state index in [-0.39, 0.29) is 42.7 Å². The van der Waals surface area contributed by atoms with Gasteiger partial charge in [-0.05, 0) is 37.3 Å². The van der Waals surface area contributed by atoms with Crippen molar-refractivity contribution in [3.63, 3.8) is 0 Å². The molecule has 4 N–H and O–H groups in total. The molecule has 0 saturated carbocycles. The highest BCUT2D eigenvalue weighted by Gasteiger charge is 2.24. The van der Waals surface area contributed by atoms with Gasteiger partial charge in [0.15, 0.2) is 5.96 Å². The zero-order chi connectivity index (χ0) is 20.6. The molecule has 1 unspecified atom stereocenters. The molecule has 1 aromatic carbocycles. The number of carbonyl (C=O) groups is 1. The van der Waals surface area contributed by atoms with Crippen LogP contribution in [-0.2, 0) is 17.7 Å². The summed E-state index contributed by atoms with van der Waals surface area (Å²) in [7, 11) is 0. The lowest BCUT2D eigenvalue weighted by molar-refractivity contribution is 0.0962. The lowest BCUT2D eigenvalue weighted by atomic mass is 10.00. The first-order chi connectivity index (χ1) is 14.0. The quantitative estimate of drug-likeness (QED) is 0.293. The van der Waals surface area contributed by atoms with Gasteiger partial charge in [0.25, 0.3) is 0 Å². The molecule has 8 nitrogen and oxygen atoms in total. The molecule has 0 aliphatic carbocycles. The Balaban J connectivity index is 0.00000320.